The van der Waals surface area contributed by atoms with Crippen LogP contribution in [-0.4, -0.2) is 32.9 Å². The number of nitrogens with zero attached hydrogens (tertiary/aromatic N) is 2. The Morgan fingerprint density at radius 1 is 1.44 bits per heavy atom. The van der Waals surface area contributed by atoms with Gasteiger partial charge in [-0.25, -0.2) is 0 Å². The normalized spacial score (nSPS) is 28.0. The van der Waals surface area contributed by atoms with E-state index in [4.69, 9.17) is 10.3 Å². The zero-order valence-electron chi connectivity index (χ0n) is 11.1. The van der Waals surface area contributed by atoms with Gasteiger partial charge in [0.05, 0.1) is 11.2 Å². The van der Waals surface area contributed by atoms with Crippen LogP contribution in [0.25, 0.3) is 0 Å². The summed E-state index contributed by atoms with van der Waals surface area (Å²) in [4.78, 5) is 4.56. The molecule has 0 spiro atoms. The standard InChI is InChI=1S/C12H21N3OS2/c1-4-9(13)7(2)12-14-11(15-16-12)10-8(3)17-5-6-18-10/h7-10H,4-6,13H2,1-3H3. The molecule has 1 aliphatic rings. The number of hydrogen-bond donors (Lipinski definition) is 1. The van der Waals surface area contributed by atoms with Crippen molar-refractivity contribution in [3.8, 4) is 0 Å². The molecule has 0 amide bonds. The SMILES string of the molecule is CCC(N)C(C)c1nc(C2SCCSC2C)no1. The van der Waals surface area contributed by atoms with Crippen molar-refractivity contribution in [3.05, 3.63) is 11.7 Å². The fourth-order valence-electron chi connectivity index (χ4n) is 2.00. The Morgan fingerprint density at radius 3 is 2.83 bits per heavy atom. The quantitative estimate of drug-likeness (QED) is 0.918. The van der Waals surface area contributed by atoms with Gasteiger partial charge in [-0.15, -0.1) is 11.8 Å². The van der Waals surface area contributed by atoms with E-state index in [1.165, 1.54) is 5.75 Å². The van der Waals surface area contributed by atoms with E-state index in [-0.39, 0.29) is 12.0 Å². The Hall–Kier alpha value is -0.200. The van der Waals surface area contributed by atoms with Gasteiger partial charge in [-0.2, -0.15) is 16.7 Å². The molecule has 4 nitrogen and oxygen atoms in total. The van der Waals surface area contributed by atoms with Gasteiger partial charge in [0.25, 0.3) is 0 Å². The Morgan fingerprint density at radius 2 is 2.17 bits per heavy atom. The summed E-state index contributed by atoms with van der Waals surface area (Å²) < 4.78 is 5.39. The Balaban J connectivity index is 2.09. The van der Waals surface area contributed by atoms with Crippen LogP contribution in [0.3, 0.4) is 0 Å². The molecule has 1 aliphatic heterocycles. The molecule has 4 unspecified atom stereocenters. The molecule has 0 aromatic carbocycles. The average Bonchev–Trinajstić information content (AvgIpc) is 2.87. The van der Waals surface area contributed by atoms with E-state index in [0.717, 1.165) is 18.0 Å². The van der Waals surface area contributed by atoms with Crippen LogP contribution in [0.1, 0.15) is 50.1 Å². The number of thioether (sulfide) groups is 2. The molecule has 1 aromatic rings. The highest BCUT2D eigenvalue weighted by Crippen LogP contribution is 2.41. The Labute approximate surface area is 117 Å². The van der Waals surface area contributed by atoms with E-state index in [1.807, 2.05) is 23.5 Å². The van der Waals surface area contributed by atoms with E-state index in [0.29, 0.717) is 16.4 Å². The fourth-order valence-corrected chi connectivity index (χ4v) is 4.68. The van der Waals surface area contributed by atoms with Gasteiger partial charge in [0.2, 0.25) is 5.89 Å². The van der Waals surface area contributed by atoms with Gasteiger partial charge in [-0.3, -0.25) is 0 Å². The van der Waals surface area contributed by atoms with Crippen LogP contribution >= 0.6 is 23.5 Å². The van der Waals surface area contributed by atoms with Gasteiger partial charge in [-0.1, -0.05) is 25.9 Å². The monoisotopic (exact) mass is 287 g/mol. The third kappa shape index (κ3) is 3.03. The van der Waals surface area contributed by atoms with Crippen molar-refractivity contribution in [3.63, 3.8) is 0 Å². The maximum atomic E-state index is 6.03. The third-order valence-electron chi connectivity index (χ3n) is 3.40. The van der Waals surface area contributed by atoms with Gasteiger partial charge in [0, 0.05) is 22.8 Å². The maximum Gasteiger partial charge on any atom is 0.231 e. The van der Waals surface area contributed by atoms with Crippen LogP contribution in [0.2, 0.25) is 0 Å². The highest BCUT2D eigenvalue weighted by molar-refractivity contribution is 8.06. The van der Waals surface area contributed by atoms with Gasteiger partial charge in [-0.05, 0) is 6.42 Å². The number of nitrogens with two attached hydrogens (primary N) is 1. The Kier molecular flexibility index (Phi) is 4.98. The molecule has 2 N–H and O–H groups in total. The second-order valence-electron chi connectivity index (χ2n) is 4.72. The van der Waals surface area contributed by atoms with Crippen molar-refractivity contribution in [2.45, 2.75) is 49.7 Å². The van der Waals surface area contributed by atoms with E-state index in [9.17, 15) is 0 Å². The van der Waals surface area contributed by atoms with Gasteiger partial charge < -0.3 is 10.3 Å². The summed E-state index contributed by atoms with van der Waals surface area (Å²) in [5.74, 6) is 4.03. The van der Waals surface area contributed by atoms with E-state index in [1.54, 1.807) is 0 Å². The molecule has 102 valence electrons. The number of hydrogen-bond acceptors (Lipinski definition) is 6. The van der Waals surface area contributed by atoms with Crippen LogP contribution in [0.15, 0.2) is 4.52 Å². The molecule has 0 aliphatic carbocycles. The van der Waals surface area contributed by atoms with Crippen LogP contribution in [0.5, 0.6) is 0 Å². The minimum atomic E-state index is 0.0871. The maximum absolute atomic E-state index is 6.03. The lowest BCUT2D eigenvalue weighted by molar-refractivity contribution is 0.336. The first-order chi connectivity index (χ1) is 8.63. The summed E-state index contributed by atoms with van der Waals surface area (Å²) in [6, 6.07) is 0.0871. The second-order valence-corrected chi connectivity index (χ2v) is 7.45. The van der Waals surface area contributed by atoms with Crippen LogP contribution < -0.4 is 5.73 Å². The first-order valence-electron chi connectivity index (χ1n) is 6.45. The molecule has 1 aromatic heterocycles. The largest absolute Gasteiger partial charge is 0.339 e. The highest BCUT2D eigenvalue weighted by Gasteiger charge is 2.29. The van der Waals surface area contributed by atoms with E-state index < -0.39 is 0 Å². The lowest BCUT2D eigenvalue weighted by Crippen LogP contribution is -2.25. The lowest BCUT2D eigenvalue weighted by Gasteiger charge is -2.24. The second kappa shape index (κ2) is 6.30. The Bertz CT molecular complexity index is 385. The van der Waals surface area contributed by atoms with Crippen molar-refractivity contribution < 1.29 is 4.52 Å². The number of aromatic nitrogens is 2. The van der Waals surface area contributed by atoms with Crippen molar-refractivity contribution in [1.29, 1.82) is 0 Å². The smallest absolute Gasteiger partial charge is 0.231 e. The molecule has 0 bridgehead atoms. The summed E-state index contributed by atoms with van der Waals surface area (Å²) >= 11 is 3.91. The molecule has 18 heavy (non-hydrogen) atoms. The zero-order valence-corrected chi connectivity index (χ0v) is 12.8. The number of rotatable bonds is 4. The van der Waals surface area contributed by atoms with Gasteiger partial charge >= 0.3 is 0 Å². The van der Waals surface area contributed by atoms with E-state index in [2.05, 4.69) is 30.9 Å². The summed E-state index contributed by atoms with van der Waals surface area (Å²) in [5, 5.41) is 5.05. The fraction of sp³-hybridized carbons (Fsp3) is 0.833. The molecule has 2 heterocycles. The van der Waals surface area contributed by atoms with Crippen molar-refractivity contribution in [2.75, 3.05) is 11.5 Å². The lowest BCUT2D eigenvalue weighted by atomic mass is 10.0. The van der Waals surface area contributed by atoms with Crippen LogP contribution in [0, 0.1) is 0 Å². The molecular weight excluding hydrogens is 266 g/mol. The summed E-state index contributed by atoms with van der Waals surface area (Å²) in [7, 11) is 0. The van der Waals surface area contributed by atoms with Gasteiger partial charge in [0.15, 0.2) is 5.82 Å². The summed E-state index contributed by atoms with van der Waals surface area (Å²) in [5.41, 5.74) is 6.03. The summed E-state index contributed by atoms with van der Waals surface area (Å²) in [6.45, 7) is 6.37. The predicted molar refractivity (Wildman–Crippen MR) is 78.1 cm³/mol. The molecule has 2 rings (SSSR count). The minimum absolute atomic E-state index is 0.0871. The molecule has 0 radical (unpaired) electrons. The zero-order chi connectivity index (χ0) is 13.1. The molecule has 1 saturated heterocycles. The van der Waals surface area contributed by atoms with Crippen LogP contribution in [0.4, 0.5) is 0 Å². The molecule has 6 heteroatoms. The first kappa shape index (κ1) is 14.2. The van der Waals surface area contributed by atoms with Crippen molar-refractivity contribution >= 4 is 23.5 Å². The molecule has 4 atom stereocenters. The van der Waals surface area contributed by atoms with E-state index >= 15 is 0 Å². The first-order valence-corrected chi connectivity index (χ1v) is 8.55. The van der Waals surface area contributed by atoms with Gasteiger partial charge in [0.1, 0.15) is 0 Å². The molecule has 0 saturated carbocycles. The summed E-state index contributed by atoms with van der Waals surface area (Å²) in [6.07, 6.45) is 0.920. The third-order valence-corrected chi connectivity index (χ3v) is 6.49. The highest BCUT2D eigenvalue weighted by atomic mass is 32.2. The molecule has 1 fully saturated rings. The topological polar surface area (TPSA) is 64.9 Å². The minimum Gasteiger partial charge on any atom is -0.339 e. The molecular formula is C12H21N3OS2. The van der Waals surface area contributed by atoms with Crippen molar-refractivity contribution in [1.82, 2.24) is 10.1 Å². The predicted octanol–water partition coefficient (Wildman–Crippen LogP) is 2.82. The van der Waals surface area contributed by atoms with Crippen molar-refractivity contribution in [2.24, 2.45) is 5.73 Å². The average molecular weight is 287 g/mol. The van der Waals surface area contributed by atoms with Crippen LogP contribution in [-0.2, 0) is 0 Å².